The van der Waals surface area contributed by atoms with E-state index in [0.29, 0.717) is 6.42 Å². The number of rotatable bonds is 5. The first kappa shape index (κ1) is 12.2. The number of carbonyl (C=O) groups excluding carboxylic acids is 2. The first-order valence-corrected chi connectivity index (χ1v) is 5.14. The van der Waals surface area contributed by atoms with Crippen molar-refractivity contribution in [3.8, 4) is 0 Å². The molecule has 0 aliphatic rings. The fourth-order valence-electron chi connectivity index (χ4n) is 1.25. The van der Waals surface area contributed by atoms with Crippen molar-refractivity contribution in [3.63, 3.8) is 0 Å². The molecule has 0 atom stereocenters. The Hall–Kier alpha value is -1.84. The van der Waals surface area contributed by atoms with Gasteiger partial charge in [-0.05, 0) is 31.9 Å². The molecule has 1 aromatic rings. The summed E-state index contributed by atoms with van der Waals surface area (Å²) < 4.78 is 0. The Kier molecular flexibility index (Phi) is 4.51. The molecule has 4 nitrogen and oxygen atoms in total. The highest BCUT2D eigenvalue weighted by Gasteiger charge is 2.01. The van der Waals surface area contributed by atoms with Gasteiger partial charge in [0.25, 0.3) is 0 Å². The third-order valence-electron chi connectivity index (χ3n) is 2.12. The minimum absolute atomic E-state index is 0.0820. The molecule has 0 saturated carbocycles. The number of carboxylic acid groups (broad SMARTS) is 1. The Morgan fingerprint density at radius 2 is 1.81 bits per heavy atom. The molecule has 0 spiro atoms. The van der Waals surface area contributed by atoms with Crippen molar-refractivity contribution in [1.82, 2.24) is 0 Å². The van der Waals surface area contributed by atoms with Gasteiger partial charge in [0.15, 0.2) is 0 Å². The van der Waals surface area contributed by atoms with E-state index >= 15 is 0 Å². The highest BCUT2D eigenvalue weighted by molar-refractivity contribution is 5.90. The van der Waals surface area contributed by atoms with Gasteiger partial charge in [-0.15, -0.1) is 0 Å². The highest BCUT2D eigenvalue weighted by Crippen LogP contribution is 2.09. The Morgan fingerprint density at radius 1 is 1.19 bits per heavy atom. The van der Waals surface area contributed by atoms with E-state index in [1.165, 1.54) is 0 Å². The maximum atomic E-state index is 11.4. The number of benzene rings is 1. The van der Waals surface area contributed by atoms with Crippen molar-refractivity contribution < 1.29 is 14.7 Å². The van der Waals surface area contributed by atoms with Crippen LogP contribution in [0.4, 0.5) is 5.69 Å². The van der Waals surface area contributed by atoms with Crippen molar-refractivity contribution in [2.45, 2.75) is 26.2 Å². The van der Waals surface area contributed by atoms with Crippen LogP contribution in [-0.4, -0.2) is 11.9 Å². The van der Waals surface area contributed by atoms with Gasteiger partial charge in [-0.1, -0.05) is 17.7 Å². The zero-order valence-corrected chi connectivity index (χ0v) is 9.16. The van der Waals surface area contributed by atoms with Crippen LogP contribution in [0, 0.1) is 6.92 Å². The quantitative estimate of drug-likeness (QED) is 0.799. The number of carbonyl (C=O) groups is 2. The van der Waals surface area contributed by atoms with E-state index in [2.05, 4.69) is 5.32 Å². The van der Waals surface area contributed by atoms with Gasteiger partial charge < -0.3 is 15.2 Å². The summed E-state index contributed by atoms with van der Waals surface area (Å²) in [6.45, 7) is 1.96. The zero-order chi connectivity index (χ0) is 12.0. The largest absolute Gasteiger partial charge is 0.550 e. The smallest absolute Gasteiger partial charge is 0.224 e. The minimum atomic E-state index is -1.12. The summed E-state index contributed by atoms with van der Waals surface area (Å²) in [7, 11) is 0. The third-order valence-corrected chi connectivity index (χ3v) is 2.12. The molecule has 1 N–H and O–H groups in total. The zero-order valence-electron chi connectivity index (χ0n) is 9.16. The van der Waals surface area contributed by atoms with E-state index in [1.54, 1.807) is 0 Å². The molecule has 0 bridgehead atoms. The lowest BCUT2D eigenvalue weighted by molar-refractivity contribution is -0.305. The SMILES string of the molecule is Cc1ccc(NC(=O)CCCC(=O)[O-])cc1. The Morgan fingerprint density at radius 3 is 2.38 bits per heavy atom. The number of nitrogens with one attached hydrogen (secondary N) is 1. The van der Waals surface area contributed by atoms with Crippen LogP contribution in [-0.2, 0) is 9.59 Å². The van der Waals surface area contributed by atoms with Gasteiger partial charge in [-0.2, -0.15) is 0 Å². The van der Waals surface area contributed by atoms with Crippen LogP contribution in [0.3, 0.4) is 0 Å². The molecule has 0 fully saturated rings. The molecule has 4 heteroatoms. The normalized spacial score (nSPS) is 9.81. The van der Waals surface area contributed by atoms with Crippen LogP contribution in [0.2, 0.25) is 0 Å². The summed E-state index contributed by atoms with van der Waals surface area (Å²) in [6, 6.07) is 7.42. The molecule has 0 radical (unpaired) electrons. The molecule has 1 aromatic carbocycles. The van der Waals surface area contributed by atoms with Gasteiger partial charge in [-0.3, -0.25) is 4.79 Å². The molecule has 0 aliphatic carbocycles. The lowest BCUT2D eigenvalue weighted by Gasteiger charge is -2.05. The molecule has 0 aromatic heterocycles. The number of hydrogen-bond acceptors (Lipinski definition) is 3. The topological polar surface area (TPSA) is 69.2 Å². The second-order valence-electron chi connectivity index (χ2n) is 3.64. The van der Waals surface area contributed by atoms with E-state index in [9.17, 15) is 14.7 Å². The summed E-state index contributed by atoms with van der Waals surface area (Å²) in [4.78, 5) is 21.5. The van der Waals surface area contributed by atoms with Crippen molar-refractivity contribution >= 4 is 17.6 Å². The van der Waals surface area contributed by atoms with Crippen LogP contribution in [0.1, 0.15) is 24.8 Å². The van der Waals surface area contributed by atoms with Crippen molar-refractivity contribution in [3.05, 3.63) is 29.8 Å². The summed E-state index contributed by atoms with van der Waals surface area (Å²) in [5.41, 5.74) is 1.85. The average molecular weight is 220 g/mol. The van der Waals surface area contributed by atoms with Crippen molar-refractivity contribution in [2.24, 2.45) is 0 Å². The lowest BCUT2D eigenvalue weighted by atomic mass is 10.2. The van der Waals surface area contributed by atoms with E-state index in [1.807, 2.05) is 31.2 Å². The van der Waals surface area contributed by atoms with Crippen molar-refractivity contribution in [2.75, 3.05) is 5.32 Å². The van der Waals surface area contributed by atoms with Gasteiger partial charge >= 0.3 is 0 Å². The van der Waals surface area contributed by atoms with E-state index in [4.69, 9.17) is 0 Å². The van der Waals surface area contributed by atoms with Crippen LogP contribution in [0.15, 0.2) is 24.3 Å². The monoisotopic (exact) mass is 220 g/mol. The molecule has 1 rings (SSSR count). The van der Waals surface area contributed by atoms with Gasteiger partial charge in [-0.25, -0.2) is 0 Å². The molecule has 86 valence electrons. The minimum Gasteiger partial charge on any atom is -0.550 e. The lowest BCUT2D eigenvalue weighted by Crippen LogP contribution is -2.22. The molecular weight excluding hydrogens is 206 g/mol. The number of aliphatic carboxylic acids is 1. The van der Waals surface area contributed by atoms with E-state index in [-0.39, 0.29) is 18.7 Å². The van der Waals surface area contributed by atoms with E-state index in [0.717, 1.165) is 11.3 Å². The number of amides is 1. The molecule has 0 unspecified atom stereocenters. The second-order valence-corrected chi connectivity index (χ2v) is 3.64. The molecule has 1 amide bonds. The molecule has 0 saturated heterocycles. The number of anilines is 1. The second kappa shape index (κ2) is 5.90. The Labute approximate surface area is 94.3 Å². The Bertz CT molecular complexity index is 370. The molecular formula is C12H14NO3-. The predicted octanol–water partition coefficient (Wildman–Crippen LogP) is 0.854. The van der Waals surface area contributed by atoms with Gasteiger partial charge in [0, 0.05) is 18.1 Å². The van der Waals surface area contributed by atoms with Crippen LogP contribution >= 0.6 is 0 Å². The van der Waals surface area contributed by atoms with Gasteiger partial charge in [0.2, 0.25) is 5.91 Å². The molecule has 0 aliphatic heterocycles. The van der Waals surface area contributed by atoms with Crippen LogP contribution in [0.5, 0.6) is 0 Å². The van der Waals surface area contributed by atoms with Crippen LogP contribution < -0.4 is 10.4 Å². The first-order valence-electron chi connectivity index (χ1n) is 5.14. The van der Waals surface area contributed by atoms with E-state index < -0.39 is 5.97 Å². The standard InChI is InChI=1S/C12H15NO3/c1-9-5-7-10(8-6-9)13-11(14)3-2-4-12(15)16/h5-8H,2-4H2,1H3,(H,13,14)(H,15,16)/p-1. The van der Waals surface area contributed by atoms with Crippen LogP contribution in [0.25, 0.3) is 0 Å². The Balaban J connectivity index is 2.34. The average Bonchev–Trinajstić information content (AvgIpc) is 2.21. The summed E-state index contributed by atoms with van der Waals surface area (Å²) >= 11 is 0. The van der Waals surface area contributed by atoms with Gasteiger partial charge in [0.1, 0.15) is 0 Å². The molecule has 16 heavy (non-hydrogen) atoms. The molecule has 0 heterocycles. The number of carboxylic acids is 1. The third kappa shape index (κ3) is 4.59. The first-order chi connectivity index (χ1) is 7.58. The van der Waals surface area contributed by atoms with Crippen molar-refractivity contribution in [1.29, 1.82) is 0 Å². The summed E-state index contributed by atoms with van der Waals surface area (Å²) in [5.74, 6) is -1.30. The summed E-state index contributed by atoms with van der Waals surface area (Å²) in [5, 5.41) is 12.8. The fourth-order valence-corrected chi connectivity index (χ4v) is 1.25. The predicted molar refractivity (Wildman–Crippen MR) is 58.7 cm³/mol. The summed E-state index contributed by atoms with van der Waals surface area (Å²) in [6.07, 6.45) is 0.420. The fraction of sp³-hybridized carbons (Fsp3) is 0.333. The number of hydrogen-bond donors (Lipinski definition) is 1. The maximum absolute atomic E-state index is 11.4. The number of aryl methyl sites for hydroxylation is 1. The maximum Gasteiger partial charge on any atom is 0.224 e. The van der Waals surface area contributed by atoms with Gasteiger partial charge in [0.05, 0.1) is 0 Å². The highest BCUT2D eigenvalue weighted by atomic mass is 16.4.